The Hall–Kier alpha value is -1.69. The van der Waals surface area contributed by atoms with Crippen molar-refractivity contribution in [3.05, 3.63) is 17.5 Å². The van der Waals surface area contributed by atoms with E-state index >= 15 is 0 Å². The molecule has 1 fully saturated rings. The standard InChI is InChI=1S/C13H20N4O2/c1-9-6-11(12(18)19)16-13(15-9)17-5-3-4-10(8-17)7-14-2/h6,10,14H,3-5,7-8H2,1-2H3,(H,18,19). The molecule has 0 radical (unpaired) electrons. The van der Waals surface area contributed by atoms with E-state index in [1.165, 1.54) is 12.5 Å². The minimum atomic E-state index is -1.00. The fourth-order valence-corrected chi connectivity index (χ4v) is 2.51. The third-order valence-corrected chi connectivity index (χ3v) is 3.36. The van der Waals surface area contributed by atoms with Gasteiger partial charge in [-0.3, -0.25) is 0 Å². The van der Waals surface area contributed by atoms with Crippen molar-refractivity contribution in [1.29, 1.82) is 0 Å². The minimum Gasteiger partial charge on any atom is -0.477 e. The third kappa shape index (κ3) is 3.41. The average molecular weight is 264 g/mol. The van der Waals surface area contributed by atoms with Gasteiger partial charge < -0.3 is 15.3 Å². The number of carbonyl (C=O) groups is 1. The molecule has 1 aliphatic heterocycles. The van der Waals surface area contributed by atoms with Gasteiger partial charge in [-0.05, 0) is 45.3 Å². The lowest BCUT2D eigenvalue weighted by Crippen LogP contribution is -2.40. The molecule has 19 heavy (non-hydrogen) atoms. The first-order valence-electron chi connectivity index (χ1n) is 6.58. The summed E-state index contributed by atoms with van der Waals surface area (Å²) in [5, 5.41) is 12.2. The molecule has 104 valence electrons. The van der Waals surface area contributed by atoms with Gasteiger partial charge in [0.05, 0.1) is 0 Å². The van der Waals surface area contributed by atoms with Gasteiger partial charge in [-0.15, -0.1) is 0 Å². The number of aromatic carboxylic acids is 1. The Morgan fingerprint density at radius 3 is 3.05 bits per heavy atom. The van der Waals surface area contributed by atoms with E-state index < -0.39 is 5.97 Å². The fourth-order valence-electron chi connectivity index (χ4n) is 2.51. The van der Waals surface area contributed by atoms with Crippen LogP contribution >= 0.6 is 0 Å². The van der Waals surface area contributed by atoms with Crippen molar-refractivity contribution in [1.82, 2.24) is 15.3 Å². The highest BCUT2D eigenvalue weighted by Gasteiger charge is 2.22. The van der Waals surface area contributed by atoms with Crippen LogP contribution < -0.4 is 10.2 Å². The number of hydrogen-bond donors (Lipinski definition) is 2. The molecule has 0 aliphatic carbocycles. The Kier molecular flexibility index (Phi) is 4.31. The van der Waals surface area contributed by atoms with Crippen molar-refractivity contribution in [2.75, 3.05) is 31.6 Å². The van der Waals surface area contributed by atoms with Crippen molar-refractivity contribution in [2.45, 2.75) is 19.8 Å². The van der Waals surface area contributed by atoms with E-state index in [0.717, 1.165) is 26.1 Å². The Balaban J connectivity index is 2.18. The second kappa shape index (κ2) is 5.97. The zero-order valence-corrected chi connectivity index (χ0v) is 11.4. The summed E-state index contributed by atoms with van der Waals surface area (Å²) in [5.41, 5.74) is 0.761. The number of nitrogens with zero attached hydrogens (tertiary/aromatic N) is 3. The van der Waals surface area contributed by atoms with E-state index in [1.54, 1.807) is 6.92 Å². The molecule has 1 atom stereocenters. The van der Waals surface area contributed by atoms with Crippen molar-refractivity contribution in [3.63, 3.8) is 0 Å². The van der Waals surface area contributed by atoms with Gasteiger partial charge in [-0.1, -0.05) is 0 Å². The highest BCUT2D eigenvalue weighted by Crippen LogP contribution is 2.20. The molecule has 0 spiro atoms. The number of nitrogens with one attached hydrogen (secondary N) is 1. The van der Waals surface area contributed by atoms with Crippen LogP contribution in [0.4, 0.5) is 5.95 Å². The van der Waals surface area contributed by atoms with E-state index in [1.807, 2.05) is 7.05 Å². The summed E-state index contributed by atoms with van der Waals surface area (Å²) in [6.07, 6.45) is 2.28. The number of hydrogen-bond acceptors (Lipinski definition) is 5. The predicted molar refractivity (Wildman–Crippen MR) is 72.6 cm³/mol. The molecule has 2 rings (SSSR count). The molecule has 6 nitrogen and oxygen atoms in total. The normalized spacial score (nSPS) is 19.5. The summed E-state index contributed by atoms with van der Waals surface area (Å²) >= 11 is 0. The number of aromatic nitrogens is 2. The van der Waals surface area contributed by atoms with Crippen LogP contribution in [-0.2, 0) is 0 Å². The number of aryl methyl sites for hydroxylation is 1. The van der Waals surface area contributed by atoms with E-state index in [4.69, 9.17) is 5.11 Å². The van der Waals surface area contributed by atoms with Crippen LogP contribution in [0.3, 0.4) is 0 Å². The van der Waals surface area contributed by atoms with Gasteiger partial charge in [0.1, 0.15) is 0 Å². The molecular weight excluding hydrogens is 244 g/mol. The van der Waals surface area contributed by atoms with Crippen LogP contribution in [0.1, 0.15) is 29.0 Å². The van der Waals surface area contributed by atoms with Gasteiger partial charge in [0.2, 0.25) is 5.95 Å². The van der Waals surface area contributed by atoms with E-state index in [-0.39, 0.29) is 5.69 Å². The van der Waals surface area contributed by atoms with Crippen LogP contribution in [0.15, 0.2) is 6.07 Å². The lowest BCUT2D eigenvalue weighted by molar-refractivity contribution is 0.0690. The number of rotatable bonds is 4. The van der Waals surface area contributed by atoms with E-state index in [9.17, 15) is 4.79 Å². The molecule has 0 bridgehead atoms. The molecule has 0 amide bonds. The second-order valence-electron chi connectivity index (χ2n) is 5.01. The first-order valence-corrected chi connectivity index (χ1v) is 6.58. The quantitative estimate of drug-likeness (QED) is 0.842. The van der Waals surface area contributed by atoms with Gasteiger partial charge in [0, 0.05) is 18.8 Å². The van der Waals surface area contributed by atoms with Gasteiger partial charge in [-0.2, -0.15) is 0 Å². The smallest absolute Gasteiger partial charge is 0.354 e. The fraction of sp³-hybridized carbons (Fsp3) is 0.615. The molecular formula is C13H20N4O2. The second-order valence-corrected chi connectivity index (χ2v) is 5.01. The maximum absolute atomic E-state index is 11.0. The lowest BCUT2D eigenvalue weighted by Gasteiger charge is -2.32. The molecule has 1 aromatic rings. The van der Waals surface area contributed by atoms with Gasteiger partial charge >= 0.3 is 5.97 Å². The van der Waals surface area contributed by atoms with Gasteiger partial charge in [0.15, 0.2) is 5.69 Å². The summed E-state index contributed by atoms with van der Waals surface area (Å²) in [4.78, 5) is 21.6. The van der Waals surface area contributed by atoms with Crippen molar-refractivity contribution in [3.8, 4) is 0 Å². The maximum atomic E-state index is 11.0. The van der Waals surface area contributed by atoms with E-state index in [2.05, 4.69) is 20.2 Å². The average Bonchev–Trinajstić information content (AvgIpc) is 2.38. The lowest BCUT2D eigenvalue weighted by atomic mass is 9.98. The molecule has 0 saturated carbocycles. The highest BCUT2D eigenvalue weighted by atomic mass is 16.4. The number of piperidine rings is 1. The summed E-state index contributed by atoms with van der Waals surface area (Å²) in [7, 11) is 1.95. The summed E-state index contributed by atoms with van der Waals surface area (Å²) in [6.45, 7) is 4.53. The van der Waals surface area contributed by atoms with Crippen molar-refractivity contribution >= 4 is 11.9 Å². The minimum absolute atomic E-state index is 0.0678. The van der Waals surface area contributed by atoms with Crippen molar-refractivity contribution in [2.24, 2.45) is 5.92 Å². The Morgan fingerprint density at radius 2 is 2.37 bits per heavy atom. The first kappa shape index (κ1) is 13.7. The first-order chi connectivity index (χ1) is 9.10. The molecule has 6 heteroatoms. The van der Waals surface area contributed by atoms with Gasteiger partial charge in [-0.25, -0.2) is 14.8 Å². The maximum Gasteiger partial charge on any atom is 0.354 e. The zero-order valence-electron chi connectivity index (χ0n) is 11.4. The molecule has 2 heterocycles. The molecule has 1 saturated heterocycles. The summed E-state index contributed by atoms with van der Waals surface area (Å²) < 4.78 is 0. The van der Waals surface area contributed by atoms with E-state index in [0.29, 0.717) is 17.6 Å². The van der Waals surface area contributed by atoms with Crippen LogP contribution in [0.5, 0.6) is 0 Å². The molecule has 1 aromatic heterocycles. The largest absolute Gasteiger partial charge is 0.477 e. The molecule has 1 unspecified atom stereocenters. The zero-order chi connectivity index (χ0) is 13.8. The van der Waals surface area contributed by atoms with Crippen LogP contribution in [-0.4, -0.2) is 47.7 Å². The Morgan fingerprint density at radius 1 is 1.58 bits per heavy atom. The molecule has 0 aromatic carbocycles. The Bertz CT molecular complexity index is 462. The van der Waals surface area contributed by atoms with Crippen LogP contribution in [0, 0.1) is 12.8 Å². The number of anilines is 1. The topological polar surface area (TPSA) is 78.4 Å². The summed E-state index contributed by atoms with van der Waals surface area (Å²) in [5.74, 6) is 0.102. The number of carboxylic acids is 1. The predicted octanol–water partition coefficient (Wildman–Crippen LogP) is 0.919. The SMILES string of the molecule is CNCC1CCCN(c2nc(C)cc(C(=O)O)n2)C1. The van der Waals surface area contributed by atoms with Crippen molar-refractivity contribution < 1.29 is 9.90 Å². The van der Waals surface area contributed by atoms with Gasteiger partial charge in [0.25, 0.3) is 0 Å². The number of carboxylic acid groups (broad SMARTS) is 1. The monoisotopic (exact) mass is 264 g/mol. The molecule has 2 N–H and O–H groups in total. The highest BCUT2D eigenvalue weighted by molar-refractivity contribution is 5.85. The van der Waals surface area contributed by atoms with Crippen LogP contribution in [0.2, 0.25) is 0 Å². The van der Waals surface area contributed by atoms with Crippen LogP contribution in [0.25, 0.3) is 0 Å². The Labute approximate surface area is 112 Å². The summed E-state index contributed by atoms with van der Waals surface area (Å²) in [6, 6.07) is 1.50. The molecule has 1 aliphatic rings. The third-order valence-electron chi connectivity index (χ3n) is 3.36.